The maximum Gasteiger partial charge on any atom is 0.264 e. The summed E-state index contributed by atoms with van der Waals surface area (Å²) >= 11 is 6.06. The first-order valence-corrected chi connectivity index (χ1v) is 8.79. The molecule has 3 rings (SSSR count). The molecule has 1 aliphatic rings. The first-order valence-electron chi connectivity index (χ1n) is 8.41. The zero-order chi connectivity index (χ0) is 18.9. The van der Waals surface area contributed by atoms with E-state index in [0.29, 0.717) is 28.6 Å². The Labute approximate surface area is 157 Å². The molecule has 1 N–H and O–H groups in total. The molecule has 0 unspecified atom stereocenters. The van der Waals surface area contributed by atoms with Crippen molar-refractivity contribution in [2.45, 2.75) is 32.4 Å². The van der Waals surface area contributed by atoms with Gasteiger partial charge in [-0.05, 0) is 38.1 Å². The van der Waals surface area contributed by atoms with Crippen LogP contribution in [0.5, 0.6) is 5.75 Å². The first kappa shape index (κ1) is 18.4. The van der Waals surface area contributed by atoms with E-state index < -0.39 is 11.5 Å². The van der Waals surface area contributed by atoms with Gasteiger partial charge in [-0.15, -0.1) is 0 Å². The number of fused-ring (bicyclic) bond motifs is 1. The molecular weight excluding hydrogens is 354 g/mol. The van der Waals surface area contributed by atoms with Crippen LogP contribution in [0.3, 0.4) is 0 Å². The number of hydrogen-bond acceptors (Lipinski definition) is 4. The Bertz CT molecular complexity index is 867. The summed E-state index contributed by atoms with van der Waals surface area (Å²) < 4.78 is 5.63. The van der Waals surface area contributed by atoms with E-state index in [1.807, 2.05) is 31.2 Å². The second-order valence-electron chi connectivity index (χ2n) is 6.33. The second-order valence-corrected chi connectivity index (χ2v) is 6.77. The fourth-order valence-electron chi connectivity index (χ4n) is 3.31. The molecule has 5 nitrogen and oxygen atoms in total. The average Bonchev–Trinajstić information content (AvgIpc) is 2.78. The molecule has 0 saturated carbocycles. The van der Waals surface area contributed by atoms with E-state index in [1.165, 1.54) is 11.8 Å². The number of carbonyl (C=O) groups is 2. The van der Waals surface area contributed by atoms with Crippen LogP contribution in [0, 0.1) is 0 Å². The SMILES string of the molecule is CCOc1ccccc1CN1C(=O)[C@](O)(CC(C)=O)c2cc(Cl)ccc21. The maximum atomic E-state index is 13.0. The predicted octanol–water partition coefficient (Wildman–Crippen LogP) is 3.45. The van der Waals surface area contributed by atoms with Crippen molar-refractivity contribution in [2.75, 3.05) is 11.5 Å². The van der Waals surface area contributed by atoms with E-state index >= 15 is 0 Å². The van der Waals surface area contributed by atoms with Crippen molar-refractivity contribution in [1.29, 1.82) is 0 Å². The van der Waals surface area contributed by atoms with Gasteiger partial charge in [-0.25, -0.2) is 0 Å². The number of nitrogens with zero attached hydrogens (tertiary/aromatic N) is 1. The van der Waals surface area contributed by atoms with E-state index in [4.69, 9.17) is 16.3 Å². The molecule has 1 aliphatic heterocycles. The Morgan fingerprint density at radius 1 is 1.27 bits per heavy atom. The van der Waals surface area contributed by atoms with Gasteiger partial charge < -0.3 is 14.7 Å². The number of ether oxygens (including phenoxy) is 1. The molecular formula is C20H20ClNO4. The zero-order valence-electron chi connectivity index (χ0n) is 14.7. The highest BCUT2D eigenvalue weighted by molar-refractivity contribution is 6.31. The summed E-state index contributed by atoms with van der Waals surface area (Å²) in [5.74, 6) is -0.125. The Hall–Kier alpha value is -2.37. The summed E-state index contributed by atoms with van der Waals surface area (Å²) in [5, 5.41) is 11.4. The first-order chi connectivity index (χ1) is 12.4. The minimum absolute atomic E-state index is 0.226. The lowest BCUT2D eigenvalue weighted by Crippen LogP contribution is -2.41. The molecule has 26 heavy (non-hydrogen) atoms. The van der Waals surface area contributed by atoms with Crippen molar-refractivity contribution in [1.82, 2.24) is 0 Å². The number of Topliss-reactive ketones (excluding diaryl/α,β-unsaturated/α-hetero) is 1. The molecule has 1 amide bonds. The topological polar surface area (TPSA) is 66.8 Å². The van der Waals surface area contributed by atoms with Gasteiger partial charge in [0.25, 0.3) is 5.91 Å². The number of aliphatic hydroxyl groups is 1. The predicted molar refractivity (Wildman–Crippen MR) is 99.4 cm³/mol. The summed E-state index contributed by atoms with van der Waals surface area (Å²) in [6.45, 7) is 3.97. The van der Waals surface area contributed by atoms with E-state index in [1.54, 1.807) is 18.2 Å². The van der Waals surface area contributed by atoms with Crippen molar-refractivity contribution in [3.8, 4) is 5.75 Å². The lowest BCUT2D eigenvalue weighted by atomic mass is 9.90. The Balaban J connectivity index is 2.04. The summed E-state index contributed by atoms with van der Waals surface area (Å²) in [4.78, 5) is 26.2. The van der Waals surface area contributed by atoms with Crippen LogP contribution in [0.25, 0.3) is 0 Å². The van der Waals surface area contributed by atoms with Gasteiger partial charge in [0.05, 0.1) is 18.8 Å². The van der Waals surface area contributed by atoms with Crippen molar-refractivity contribution < 1.29 is 19.4 Å². The number of rotatable bonds is 6. The van der Waals surface area contributed by atoms with Crippen LogP contribution >= 0.6 is 11.6 Å². The molecule has 0 radical (unpaired) electrons. The van der Waals surface area contributed by atoms with Gasteiger partial charge in [0, 0.05) is 22.6 Å². The van der Waals surface area contributed by atoms with Crippen LogP contribution in [0.15, 0.2) is 42.5 Å². The highest BCUT2D eigenvalue weighted by atomic mass is 35.5. The summed E-state index contributed by atoms with van der Waals surface area (Å²) in [6.07, 6.45) is -0.289. The van der Waals surface area contributed by atoms with Crippen molar-refractivity contribution in [3.63, 3.8) is 0 Å². The summed E-state index contributed by atoms with van der Waals surface area (Å²) in [5.41, 5.74) is -0.170. The minimum Gasteiger partial charge on any atom is -0.494 e. The fourth-order valence-corrected chi connectivity index (χ4v) is 3.48. The largest absolute Gasteiger partial charge is 0.494 e. The highest BCUT2D eigenvalue weighted by Gasteiger charge is 2.50. The second kappa shape index (κ2) is 7.09. The van der Waals surface area contributed by atoms with E-state index in [0.717, 1.165) is 5.56 Å². The molecule has 0 aromatic heterocycles. The third kappa shape index (κ3) is 3.20. The number of hydrogen-bond donors (Lipinski definition) is 1. The standard InChI is InChI=1S/C20H20ClNO4/c1-3-26-18-7-5-4-6-14(18)12-22-17-9-8-15(21)10-16(17)20(25,19(22)24)11-13(2)23/h4-10,25H,3,11-12H2,1-2H3/t20-/m0/s1. The molecule has 6 heteroatoms. The highest BCUT2D eigenvalue weighted by Crippen LogP contribution is 2.44. The quantitative estimate of drug-likeness (QED) is 0.842. The van der Waals surface area contributed by atoms with Gasteiger partial charge in [-0.3, -0.25) is 9.59 Å². The number of amides is 1. The van der Waals surface area contributed by atoms with Crippen molar-refractivity contribution in [3.05, 3.63) is 58.6 Å². The minimum atomic E-state index is -1.90. The molecule has 0 saturated heterocycles. The van der Waals surface area contributed by atoms with E-state index in [2.05, 4.69) is 0 Å². The Morgan fingerprint density at radius 3 is 2.69 bits per heavy atom. The van der Waals surface area contributed by atoms with Crippen LogP contribution in [-0.2, 0) is 21.7 Å². The molecule has 1 atom stereocenters. The molecule has 0 fully saturated rings. The maximum absolute atomic E-state index is 13.0. The lowest BCUT2D eigenvalue weighted by Gasteiger charge is -2.23. The summed E-state index contributed by atoms with van der Waals surface area (Å²) in [7, 11) is 0. The van der Waals surface area contributed by atoms with Crippen LogP contribution < -0.4 is 9.64 Å². The van der Waals surface area contributed by atoms with Gasteiger partial charge in [-0.1, -0.05) is 29.8 Å². The Kier molecular flexibility index (Phi) is 5.03. The smallest absolute Gasteiger partial charge is 0.264 e. The molecule has 0 aliphatic carbocycles. The number of ketones is 1. The number of para-hydroxylation sites is 1. The van der Waals surface area contributed by atoms with E-state index in [-0.39, 0.29) is 18.7 Å². The molecule has 136 valence electrons. The van der Waals surface area contributed by atoms with Gasteiger partial charge >= 0.3 is 0 Å². The number of halogens is 1. The Morgan fingerprint density at radius 2 is 2.00 bits per heavy atom. The van der Waals surface area contributed by atoms with Crippen LogP contribution in [0.4, 0.5) is 5.69 Å². The van der Waals surface area contributed by atoms with Gasteiger partial charge in [0.15, 0.2) is 5.60 Å². The molecule has 1 heterocycles. The third-order valence-electron chi connectivity index (χ3n) is 4.40. The van der Waals surface area contributed by atoms with Gasteiger partial charge in [0.1, 0.15) is 11.5 Å². The van der Waals surface area contributed by atoms with Gasteiger partial charge in [-0.2, -0.15) is 0 Å². The third-order valence-corrected chi connectivity index (χ3v) is 4.63. The zero-order valence-corrected chi connectivity index (χ0v) is 15.4. The normalized spacial score (nSPS) is 18.8. The van der Waals surface area contributed by atoms with Crippen molar-refractivity contribution >= 4 is 29.0 Å². The summed E-state index contributed by atoms with van der Waals surface area (Å²) in [6, 6.07) is 12.3. The molecule has 2 aromatic carbocycles. The number of anilines is 1. The average molecular weight is 374 g/mol. The number of carbonyl (C=O) groups excluding carboxylic acids is 2. The van der Waals surface area contributed by atoms with E-state index in [9.17, 15) is 14.7 Å². The molecule has 2 aromatic rings. The van der Waals surface area contributed by atoms with Crippen LogP contribution in [0.1, 0.15) is 31.4 Å². The molecule has 0 bridgehead atoms. The fraction of sp³-hybridized carbons (Fsp3) is 0.300. The molecule has 0 spiro atoms. The van der Waals surface area contributed by atoms with Crippen LogP contribution in [-0.4, -0.2) is 23.4 Å². The van der Waals surface area contributed by atoms with Crippen LogP contribution in [0.2, 0.25) is 5.02 Å². The monoisotopic (exact) mass is 373 g/mol. The van der Waals surface area contributed by atoms with Gasteiger partial charge in [0.2, 0.25) is 0 Å². The lowest BCUT2D eigenvalue weighted by molar-refractivity contribution is -0.141. The number of benzene rings is 2. The van der Waals surface area contributed by atoms with Crippen molar-refractivity contribution in [2.24, 2.45) is 0 Å².